The first-order chi connectivity index (χ1) is 6.61. The number of hydrogen-bond acceptors (Lipinski definition) is 2. The van der Waals surface area contributed by atoms with Crippen LogP contribution in [0.4, 0.5) is 0 Å². The molecular weight excluding hydrogens is 176 g/mol. The molecular formula is C12H20O2. The molecule has 0 bridgehead atoms. The monoisotopic (exact) mass is 196 g/mol. The van der Waals surface area contributed by atoms with Gasteiger partial charge in [0.25, 0.3) is 0 Å². The third-order valence-corrected chi connectivity index (χ3v) is 4.08. The molecule has 14 heavy (non-hydrogen) atoms. The van der Waals surface area contributed by atoms with Crippen LogP contribution in [0.3, 0.4) is 0 Å². The molecule has 1 aliphatic heterocycles. The van der Waals surface area contributed by atoms with Gasteiger partial charge in [0.05, 0.1) is 12.2 Å². The van der Waals surface area contributed by atoms with E-state index < -0.39 is 0 Å². The smallest absolute Gasteiger partial charge is 0.141 e. The minimum absolute atomic E-state index is 0.133. The Balaban J connectivity index is 2.04. The van der Waals surface area contributed by atoms with Crippen molar-refractivity contribution in [2.24, 2.45) is 17.8 Å². The quantitative estimate of drug-likeness (QED) is 0.678. The summed E-state index contributed by atoms with van der Waals surface area (Å²) in [6.45, 7) is 6.27. The van der Waals surface area contributed by atoms with Crippen molar-refractivity contribution in [2.75, 3.05) is 0 Å². The fraction of sp³-hybridized carbons (Fsp3) is 0.917. The highest BCUT2D eigenvalue weighted by Crippen LogP contribution is 2.38. The fourth-order valence-corrected chi connectivity index (χ4v) is 2.72. The van der Waals surface area contributed by atoms with Crippen molar-refractivity contribution < 1.29 is 9.53 Å². The van der Waals surface area contributed by atoms with E-state index in [9.17, 15) is 4.79 Å². The van der Waals surface area contributed by atoms with E-state index in [1.54, 1.807) is 0 Å². The second kappa shape index (κ2) is 3.65. The maximum Gasteiger partial charge on any atom is 0.141 e. The van der Waals surface area contributed by atoms with Crippen molar-refractivity contribution in [2.45, 2.75) is 52.2 Å². The Labute approximate surface area is 86.0 Å². The van der Waals surface area contributed by atoms with Gasteiger partial charge < -0.3 is 4.74 Å². The predicted molar refractivity (Wildman–Crippen MR) is 55.0 cm³/mol. The van der Waals surface area contributed by atoms with Gasteiger partial charge in [-0.3, -0.25) is 4.79 Å². The first kappa shape index (κ1) is 10.2. The highest BCUT2D eigenvalue weighted by Gasteiger charge is 2.44. The molecule has 0 spiro atoms. The van der Waals surface area contributed by atoms with Crippen molar-refractivity contribution in [1.29, 1.82) is 0 Å². The summed E-state index contributed by atoms with van der Waals surface area (Å²) in [5.74, 6) is 1.40. The average molecular weight is 196 g/mol. The SMILES string of the molecule is CC1OC(C)C(C(=O)C2CCC2)C1C. The van der Waals surface area contributed by atoms with Crippen molar-refractivity contribution in [3.63, 3.8) is 0 Å². The molecule has 2 fully saturated rings. The van der Waals surface area contributed by atoms with Crippen molar-refractivity contribution in [3.05, 3.63) is 0 Å². The molecule has 80 valence electrons. The summed E-state index contributed by atoms with van der Waals surface area (Å²) in [5.41, 5.74) is 0. The molecule has 0 amide bonds. The molecule has 0 aromatic carbocycles. The van der Waals surface area contributed by atoms with E-state index in [1.165, 1.54) is 6.42 Å². The van der Waals surface area contributed by atoms with E-state index >= 15 is 0 Å². The van der Waals surface area contributed by atoms with Gasteiger partial charge in [-0.2, -0.15) is 0 Å². The van der Waals surface area contributed by atoms with Crippen LogP contribution in [0, 0.1) is 17.8 Å². The van der Waals surface area contributed by atoms with E-state index in [4.69, 9.17) is 4.74 Å². The van der Waals surface area contributed by atoms with E-state index in [0.717, 1.165) is 12.8 Å². The summed E-state index contributed by atoms with van der Waals surface area (Å²) in [4.78, 5) is 12.1. The van der Waals surface area contributed by atoms with Gasteiger partial charge in [-0.15, -0.1) is 0 Å². The Hall–Kier alpha value is -0.370. The van der Waals surface area contributed by atoms with E-state index in [1.807, 2.05) is 6.92 Å². The molecule has 1 saturated heterocycles. The highest BCUT2D eigenvalue weighted by atomic mass is 16.5. The molecule has 0 radical (unpaired) electrons. The van der Waals surface area contributed by atoms with Gasteiger partial charge in [0, 0.05) is 11.8 Å². The molecule has 0 aromatic heterocycles. The molecule has 2 aliphatic rings. The van der Waals surface area contributed by atoms with Crippen LogP contribution >= 0.6 is 0 Å². The summed E-state index contributed by atoms with van der Waals surface area (Å²) in [6.07, 6.45) is 3.85. The normalized spacial score (nSPS) is 43.6. The summed E-state index contributed by atoms with van der Waals surface area (Å²) in [6, 6.07) is 0. The number of ether oxygens (including phenoxy) is 1. The van der Waals surface area contributed by atoms with Crippen LogP contribution in [-0.2, 0) is 9.53 Å². The number of ketones is 1. The molecule has 1 heterocycles. The molecule has 2 rings (SSSR count). The first-order valence-electron chi connectivity index (χ1n) is 5.80. The van der Waals surface area contributed by atoms with Gasteiger partial charge in [0.2, 0.25) is 0 Å². The van der Waals surface area contributed by atoms with E-state index in [-0.39, 0.29) is 18.1 Å². The summed E-state index contributed by atoms with van der Waals surface area (Å²) < 4.78 is 5.71. The average Bonchev–Trinajstić information content (AvgIpc) is 2.23. The van der Waals surface area contributed by atoms with Crippen LogP contribution in [0.15, 0.2) is 0 Å². The minimum atomic E-state index is 0.133. The van der Waals surface area contributed by atoms with Crippen LogP contribution in [0.1, 0.15) is 40.0 Å². The summed E-state index contributed by atoms with van der Waals surface area (Å²) in [7, 11) is 0. The van der Waals surface area contributed by atoms with Gasteiger partial charge >= 0.3 is 0 Å². The van der Waals surface area contributed by atoms with Crippen LogP contribution in [0.2, 0.25) is 0 Å². The zero-order valence-corrected chi connectivity index (χ0v) is 9.32. The maximum absolute atomic E-state index is 12.1. The third-order valence-electron chi connectivity index (χ3n) is 4.08. The van der Waals surface area contributed by atoms with Gasteiger partial charge in [0.15, 0.2) is 0 Å². The molecule has 0 aromatic rings. The number of carbonyl (C=O) groups excluding carboxylic acids is 1. The van der Waals surface area contributed by atoms with Crippen LogP contribution in [-0.4, -0.2) is 18.0 Å². The van der Waals surface area contributed by atoms with E-state index in [0.29, 0.717) is 17.6 Å². The lowest BCUT2D eigenvalue weighted by atomic mass is 9.73. The second-order valence-electron chi connectivity index (χ2n) is 4.96. The Morgan fingerprint density at radius 1 is 1.14 bits per heavy atom. The number of carbonyl (C=O) groups is 1. The van der Waals surface area contributed by atoms with Gasteiger partial charge in [0.1, 0.15) is 5.78 Å². The number of hydrogen-bond donors (Lipinski definition) is 0. The third kappa shape index (κ3) is 1.50. The predicted octanol–water partition coefficient (Wildman–Crippen LogP) is 2.42. The molecule has 1 saturated carbocycles. The highest BCUT2D eigenvalue weighted by molar-refractivity contribution is 5.85. The number of Topliss-reactive ketones (excluding diaryl/α,β-unsaturated/α-hetero) is 1. The van der Waals surface area contributed by atoms with Crippen molar-refractivity contribution in [3.8, 4) is 0 Å². The van der Waals surface area contributed by atoms with Gasteiger partial charge in [-0.05, 0) is 32.6 Å². The summed E-state index contributed by atoms with van der Waals surface area (Å²) in [5, 5.41) is 0. The van der Waals surface area contributed by atoms with Gasteiger partial charge in [-0.25, -0.2) is 0 Å². The lowest BCUT2D eigenvalue weighted by Gasteiger charge is -2.29. The zero-order valence-electron chi connectivity index (χ0n) is 9.32. The number of rotatable bonds is 2. The molecule has 2 nitrogen and oxygen atoms in total. The fourth-order valence-electron chi connectivity index (χ4n) is 2.72. The zero-order chi connectivity index (χ0) is 10.3. The molecule has 2 heteroatoms. The van der Waals surface area contributed by atoms with E-state index in [2.05, 4.69) is 13.8 Å². The molecule has 1 aliphatic carbocycles. The van der Waals surface area contributed by atoms with Crippen LogP contribution < -0.4 is 0 Å². The lowest BCUT2D eigenvalue weighted by molar-refractivity contribution is -0.131. The Morgan fingerprint density at radius 2 is 1.79 bits per heavy atom. The topological polar surface area (TPSA) is 26.3 Å². The van der Waals surface area contributed by atoms with Crippen molar-refractivity contribution >= 4 is 5.78 Å². The lowest BCUT2D eigenvalue weighted by Crippen LogP contribution is -2.35. The maximum atomic E-state index is 12.1. The van der Waals surface area contributed by atoms with Crippen molar-refractivity contribution in [1.82, 2.24) is 0 Å². The van der Waals surface area contributed by atoms with Crippen LogP contribution in [0.25, 0.3) is 0 Å². The Kier molecular flexibility index (Phi) is 2.65. The standard InChI is InChI=1S/C12H20O2/c1-7-8(2)14-9(3)11(7)12(13)10-5-4-6-10/h7-11H,4-6H2,1-3H3. The van der Waals surface area contributed by atoms with Gasteiger partial charge in [-0.1, -0.05) is 13.3 Å². The Morgan fingerprint density at radius 3 is 2.14 bits per heavy atom. The minimum Gasteiger partial charge on any atom is -0.375 e. The first-order valence-corrected chi connectivity index (χ1v) is 5.80. The largest absolute Gasteiger partial charge is 0.375 e. The second-order valence-corrected chi connectivity index (χ2v) is 4.96. The van der Waals surface area contributed by atoms with Crippen LogP contribution in [0.5, 0.6) is 0 Å². The molecule has 0 N–H and O–H groups in total. The molecule has 4 unspecified atom stereocenters. The Bertz CT molecular complexity index is 232. The summed E-state index contributed by atoms with van der Waals surface area (Å²) >= 11 is 0. The molecule has 4 atom stereocenters.